The van der Waals surface area contributed by atoms with Crippen molar-refractivity contribution in [2.75, 3.05) is 0 Å². The average molecular weight is 301 g/mol. The third-order valence-corrected chi connectivity index (χ3v) is 4.22. The van der Waals surface area contributed by atoms with Gasteiger partial charge in [-0.15, -0.1) is 0 Å². The first-order valence-corrected chi connectivity index (χ1v) is 7.92. The number of ether oxygens (including phenoxy) is 1. The molecule has 22 heavy (non-hydrogen) atoms. The van der Waals surface area contributed by atoms with Gasteiger partial charge in [-0.05, 0) is 52.0 Å². The predicted octanol–water partition coefficient (Wildman–Crippen LogP) is 3.42. The fourth-order valence-electron chi connectivity index (χ4n) is 3.39. The first kappa shape index (κ1) is 15.0. The highest BCUT2D eigenvalue weighted by Gasteiger charge is 2.42. The van der Waals surface area contributed by atoms with E-state index in [1.807, 2.05) is 38.1 Å². The van der Waals surface area contributed by atoms with Crippen LogP contribution in [-0.4, -0.2) is 38.6 Å². The Morgan fingerprint density at radius 2 is 1.95 bits per heavy atom. The molecule has 0 aromatic carbocycles. The lowest BCUT2D eigenvalue weighted by molar-refractivity contribution is 0.0185. The van der Waals surface area contributed by atoms with E-state index in [2.05, 4.69) is 16.0 Å². The first-order chi connectivity index (χ1) is 10.5. The number of hydrogen-bond acceptors (Lipinski definition) is 4. The van der Waals surface area contributed by atoms with E-state index in [9.17, 15) is 4.79 Å². The van der Waals surface area contributed by atoms with E-state index in [1.165, 1.54) is 6.33 Å². The van der Waals surface area contributed by atoms with Gasteiger partial charge in [0.05, 0.1) is 6.04 Å². The van der Waals surface area contributed by atoms with Crippen LogP contribution < -0.4 is 0 Å². The highest BCUT2D eigenvalue weighted by molar-refractivity contribution is 5.77. The molecule has 2 unspecified atom stereocenters. The van der Waals surface area contributed by atoms with Crippen molar-refractivity contribution in [1.82, 2.24) is 14.9 Å². The quantitative estimate of drug-likeness (QED) is 0.797. The maximum atomic E-state index is 12.6. The number of allylic oxidation sites excluding steroid dienone is 1. The van der Waals surface area contributed by atoms with Crippen molar-refractivity contribution in [3.05, 3.63) is 30.4 Å². The molecule has 2 aliphatic heterocycles. The predicted molar refractivity (Wildman–Crippen MR) is 84.1 cm³/mol. The Balaban J connectivity index is 1.89. The molecular weight excluding hydrogens is 278 g/mol. The highest BCUT2D eigenvalue weighted by Crippen LogP contribution is 2.39. The van der Waals surface area contributed by atoms with E-state index in [0.29, 0.717) is 0 Å². The molecule has 2 aliphatic rings. The molecule has 5 heteroatoms. The van der Waals surface area contributed by atoms with Crippen molar-refractivity contribution >= 4 is 11.7 Å². The number of amides is 1. The van der Waals surface area contributed by atoms with E-state index in [4.69, 9.17) is 4.74 Å². The lowest BCUT2D eigenvalue weighted by Crippen LogP contribution is -2.44. The van der Waals surface area contributed by atoms with Gasteiger partial charge in [-0.25, -0.2) is 14.8 Å². The number of carbonyl (C=O) groups excluding carboxylic acids is 1. The Morgan fingerprint density at radius 1 is 1.23 bits per heavy atom. The summed E-state index contributed by atoms with van der Waals surface area (Å²) in [5.41, 5.74) is 1.69. The van der Waals surface area contributed by atoms with Gasteiger partial charge in [0, 0.05) is 24.0 Å². The molecule has 2 bridgehead atoms. The minimum absolute atomic E-state index is 0.0772. The fraction of sp³-hybridized carbons (Fsp3) is 0.588. The van der Waals surface area contributed by atoms with Crippen LogP contribution in [0.3, 0.4) is 0 Å². The fourth-order valence-corrected chi connectivity index (χ4v) is 3.39. The van der Waals surface area contributed by atoms with Crippen molar-refractivity contribution in [2.24, 2.45) is 0 Å². The van der Waals surface area contributed by atoms with Gasteiger partial charge in [0.1, 0.15) is 11.9 Å². The number of fused-ring (bicyclic) bond motifs is 2. The Hall–Kier alpha value is -1.91. The van der Waals surface area contributed by atoms with E-state index in [-0.39, 0.29) is 18.2 Å². The zero-order valence-corrected chi connectivity index (χ0v) is 13.5. The number of carbonyl (C=O) groups is 1. The normalized spacial score (nSPS) is 24.7. The molecule has 1 amide bonds. The SMILES string of the molecule is CC(C)(C)OC(=O)N1C2CCC=C(c3cncnc3)C1CC2. The lowest BCUT2D eigenvalue weighted by Gasteiger charge is -2.32. The number of aromatic nitrogens is 2. The third kappa shape index (κ3) is 2.98. The molecule has 1 aromatic rings. The molecule has 0 aliphatic carbocycles. The Morgan fingerprint density at radius 3 is 2.64 bits per heavy atom. The summed E-state index contributed by atoms with van der Waals surface area (Å²) in [7, 11) is 0. The Bertz CT molecular complexity index is 577. The van der Waals surface area contributed by atoms with Crippen LogP contribution >= 0.6 is 0 Å². The molecule has 1 saturated heterocycles. The molecular formula is C17H23N3O2. The second kappa shape index (κ2) is 5.71. The van der Waals surface area contributed by atoms with Gasteiger partial charge in [0.15, 0.2) is 0 Å². The third-order valence-electron chi connectivity index (χ3n) is 4.22. The van der Waals surface area contributed by atoms with Crippen molar-refractivity contribution in [1.29, 1.82) is 0 Å². The zero-order chi connectivity index (χ0) is 15.7. The van der Waals surface area contributed by atoms with Gasteiger partial charge < -0.3 is 4.74 Å². The van der Waals surface area contributed by atoms with Crippen LogP contribution in [0.1, 0.15) is 52.0 Å². The molecule has 0 spiro atoms. The summed E-state index contributed by atoms with van der Waals surface area (Å²) in [6.45, 7) is 5.73. The topological polar surface area (TPSA) is 55.3 Å². The lowest BCUT2D eigenvalue weighted by atomic mass is 9.96. The van der Waals surface area contributed by atoms with Crippen LogP contribution in [0.5, 0.6) is 0 Å². The average Bonchev–Trinajstić information content (AvgIpc) is 2.74. The molecule has 1 fully saturated rings. The largest absolute Gasteiger partial charge is 0.444 e. The maximum absolute atomic E-state index is 12.6. The van der Waals surface area contributed by atoms with E-state index in [1.54, 1.807) is 0 Å². The van der Waals surface area contributed by atoms with Crippen LogP contribution in [0.2, 0.25) is 0 Å². The molecule has 118 valence electrons. The first-order valence-electron chi connectivity index (χ1n) is 7.92. The van der Waals surface area contributed by atoms with Gasteiger partial charge in [0.2, 0.25) is 0 Å². The minimum atomic E-state index is -0.470. The second-order valence-electron chi connectivity index (χ2n) is 7.00. The van der Waals surface area contributed by atoms with Crippen molar-refractivity contribution in [2.45, 2.75) is 64.1 Å². The molecule has 5 nitrogen and oxygen atoms in total. The Kier molecular flexibility index (Phi) is 3.89. The molecule has 3 rings (SSSR count). The highest BCUT2D eigenvalue weighted by atomic mass is 16.6. The standard InChI is InChI=1S/C17H23N3O2/c1-17(2,3)22-16(21)20-13-5-4-6-14(15(20)8-7-13)12-9-18-11-19-10-12/h6,9-11,13,15H,4-5,7-8H2,1-3H3. The van der Waals surface area contributed by atoms with E-state index in [0.717, 1.165) is 36.8 Å². The molecule has 0 N–H and O–H groups in total. The molecule has 2 atom stereocenters. The van der Waals surface area contributed by atoms with Gasteiger partial charge >= 0.3 is 6.09 Å². The van der Waals surface area contributed by atoms with Crippen LogP contribution in [0, 0.1) is 0 Å². The van der Waals surface area contributed by atoms with Crippen molar-refractivity contribution in [3.8, 4) is 0 Å². The smallest absolute Gasteiger partial charge is 0.411 e. The molecule has 3 heterocycles. The second-order valence-corrected chi connectivity index (χ2v) is 7.00. The van der Waals surface area contributed by atoms with Crippen LogP contribution in [0.15, 0.2) is 24.8 Å². The summed E-state index contributed by atoms with van der Waals surface area (Å²) < 4.78 is 5.63. The van der Waals surface area contributed by atoms with Crippen molar-refractivity contribution < 1.29 is 9.53 Å². The summed E-state index contributed by atoms with van der Waals surface area (Å²) in [6.07, 6.45) is 11.2. The summed E-state index contributed by atoms with van der Waals surface area (Å²) >= 11 is 0. The van der Waals surface area contributed by atoms with E-state index < -0.39 is 5.60 Å². The number of hydrogen-bond donors (Lipinski definition) is 0. The number of rotatable bonds is 1. The van der Waals surface area contributed by atoms with Crippen LogP contribution in [0.25, 0.3) is 5.57 Å². The van der Waals surface area contributed by atoms with Crippen LogP contribution in [0.4, 0.5) is 4.79 Å². The number of nitrogens with zero attached hydrogens (tertiary/aromatic N) is 3. The van der Waals surface area contributed by atoms with Gasteiger partial charge in [0.25, 0.3) is 0 Å². The molecule has 0 radical (unpaired) electrons. The minimum Gasteiger partial charge on any atom is -0.444 e. The van der Waals surface area contributed by atoms with Crippen molar-refractivity contribution in [3.63, 3.8) is 0 Å². The monoisotopic (exact) mass is 301 g/mol. The van der Waals surface area contributed by atoms with Gasteiger partial charge in [-0.1, -0.05) is 6.08 Å². The summed E-state index contributed by atoms with van der Waals surface area (Å²) in [4.78, 5) is 22.8. The van der Waals surface area contributed by atoms with Gasteiger partial charge in [-0.2, -0.15) is 0 Å². The summed E-state index contributed by atoms with van der Waals surface area (Å²) in [6, 6.07) is 0.353. The molecule has 1 aromatic heterocycles. The molecule has 0 saturated carbocycles. The summed E-state index contributed by atoms with van der Waals surface area (Å²) in [5, 5.41) is 0. The maximum Gasteiger partial charge on any atom is 0.411 e. The Labute approximate surface area is 131 Å². The summed E-state index contributed by atoms with van der Waals surface area (Å²) in [5.74, 6) is 0. The van der Waals surface area contributed by atoms with Crippen LogP contribution in [-0.2, 0) is 4.74 Å². The van der Waals surface area contributed by atoms with Gasteiger partial charge in [-0.3, -0.25) is 4.90 Å². The zero-order valence-electron chi connectivity index (χ0n) is 13.5. The van der Waals surface area contributed by atoms with E-state index >= 15 is 0 Å².